The lowest BCUT2D eigenvalue weighted by Gasteiger charge is -2.16. The van der Waals surface area contributed by atoms with Crippen molar-refractivity contribution in [2.45, 2.75) is 13.3 Å². The predicted octanol–water partition coefficient (Wildman–Crippen LogP) is 0.773. The Balaban J connectivity index is 0.000000354. The molecule has 0 spiro atoms. The molecule has 1 N–H and O–H groups in total. The van der Waals surface area contributed by atoms with E-state index in [4.69, 9.17) is 9.90 Å². The molecule has 0 radical (unpaired) electrons. The quantitative estimate of drug-likeness (QED) is 0.625. The fourth-order valence-corrected chi connectivity index (χ4v) is 1.02. The lowest BCUT2D eigenvalue weighted by atomic mass is 10.4. The highest BCUT2D eigenvalue weighted by molar-refractivity contribution is 5.32. The van der Waals surface area contributed by atoms with Gasteiger partial charge >= 0.3 is 0 Å². The summed E-state index contributed by atoms with van der Waals surface area (Å²) in [4.78, 5) is 12.8. The van der Waals surface area contributed by atoms with Crippen LogP contribution in [-0.4, -0.2) is 41.6 Å². The summed E-state index contributed by atoms with van der Waals surface area (Å²) in [5.74, 6) is 0. The van der Waals surface area contributed by atoms with Gasteiger partial charge in [0.15, 0.2) is 0 Å². The zero-order chi connectivity index (χ0) is 9.40. The Kier molecular flexibility index (Phi) is 5.87. The predicted molar refractivity (Wildman–Crippen MR) is 47.5 cm³/mol. The van der Waals surface area contributed by atoms with Crippen LogP contribution in [0.5, 0.6) is 0 Å². The molecule has 1 rings (SSSR count). The van der Waals surface area contributed by atoms with Crippen LogP contribution in [0, 0.1) is 0 Å². The largest absolute Gasteiger partial charge is 0.483 e. The van der Waals surface area contributed by atoms with E-state index >= 15 is 0 Å². The number of nitrogens with zero attached hydrogens (tertiary/aromatic N) is 2. The molecule has 0 unspecified atom stereocenters. The summed E-state index contributed by atoms with van der Waals surface area (Å²) in [6, 6.07) is 0. The minimum absolute atomic E-state index is 0.250. The Labute approximate surface area is 73.1 Å². The van der Waals surface area contributed by atoms with Gasteiger partial charge in [0.1, 0.15) is 0 Å². The molecule has 70 valence electrons. The van der Waals surface area contributed by atoms with Crippen molar-refractivity contribution in [2.75, 3.05) is 20.3 Å². The molecular weight excluding hydrogens is 156 g/mol. The summed E-state index contributed by atoms with van der Waals surface area (Å²) < 4.78 is 0. The van der Waals surface area contributed by atoms with Crippen molar-refractivity contribution in [1.82, 2.24) is 9.80 Å². The molecule has 0 aromatic carbocycles. The van der Waals surface area contributed by atoms with Gasteiger partial charge in [-0.2, -0.15) is 0 Å². The van der Waals surface area contributed by atoms with Crippen molar-refractivity contribution in [2.24, 2.45) is 0 Å². The molecule has 0 saturated carbocycles. The fourth-order valence-electron chi connectivity index (χ4n) is 1.02. The molecule has 0 atom stereocenters. The van der Waals surface area contributed by atoms with E-state index < -0.39 is 0 Å². The summed E-state index contributed by atoms with van der Waals surface area (Å²) in [7, 11) is 2.09. The van der Waals surface area contributed by atoms with Gasteiger partial charge in [0.25, 0.3) is 6.47 Å². The van der Waals surface area contributed by atoms with Crippen molar-refractivity contribution in [1.29, 1.82) is 0 Å². The third kappa shape index (κ3) is 4.60. The lowest BCUT2D eigenvalue weighted by Crippen LogP contribution is -2.22. The highest BCUT2D eigenvalue weighted by Crippen LogP contribution is 2.02. The third-order valence-corrected chi connectivity index (χ3v) is 1.45. The Bertz CT molecular complexity index is 148. The molecular formula is C8H16N2O2. The first-order chi connectivity index (χ1) is 5.74. The smallest absolute Gasteiger partial charge is 0.290 e. The van der Waals surface area contributed by atoms with E-state index in [0.717, 1.165) is 6.67 Å². The molecule has 4 heteroatoms. The van der Waals surface area contributed by atoms with Crippen LogP contribution in [0.4, 0.5) is 0 Å². The van der Waals surface area contributed by atoms with Gasteiger partial charge < -0.3 is 14.9 Å². The molecule has 0 saturated heterocycles. The van der Waals surface area contributed by atoms with Crippen LogP contribution in [0.3, 0.4) is 0 Å². The van der Waals surface area contributed by atoms with Crippen molar-refractivity contribution >= 4 is 6.47 Å². The lowest BCUT2D eigenvalue weighted by molar-refractivity contribution is -0.122. The molecule has 0 aromatic heterocycles. The first-order valence-electron chi connectivity index (χ1n) is 3.95. The van der Waals surface area contributed by atoms with Crippen LogP contribution in [-0.2, 0) is 4.79 Å². The Morgan fingerprint density at radius 1 is 1.58 bits per heavy atom. The van der Waals surface area contributed by atoms with Crippen molar-refractivity contribution < 1.29 is 9.90 Å². The van der Waals surface area contributed by atoms with E-state index in [9.17, 15) is 0 Å². The summed E-state index contributed by atoms with van der Waals surface area (Å²) in [5.41, 5.74) is 0. The van der Waals surface area contributed by atoms with E-state index in [0.29, 0.717) is 0 Å². The van der Waals surface area contributed by atoms with Crippen LogP contribution < -0.4 is 0 Å². The fraction of sp³-hybridized carbons (Fsp3) is 0.625. The van der Waals surface area contributed by atoms with E-state index in [1.54, 1.807) is 0 Å². The SMILES string of the molecule is CCCN1C=CN(C)C1.O=CO. The molecule has 0 amide bonds. The highest BCUT2D eigenvalue weighted by Gasteiger charge is 2.04. The van der Waals surface area contributed by atoms with Crippen LogP contribution in [0.1, 0.15) is 13.3 Å². The second-order valence-corrected chi connectivity index (χ2v) is 2.61. The van der Waals surface area contributed by atoms with Gasteiger partial charge in [-0.1, -0.05) is 6.92 Å². The maximum Gasteiger partial charge on any atom is 0.290 e. The highest BCUT2D eigenvalue weighted by atomic mass is 16.3. The first kappa shape index (κ1) is 10.8. The van der Waals surface area contributed by atoms with E-state index in [1.165, 1.54) is 13.0 Å². The minimum Gasteiger partial charge on any atom is -0.483 e. The average molecular weight is 172 g/mol. The normalized spacial score (nSPS) is 14.2. The number of hydrogen-bond acceptors (Lipinski definition) is 3. The van der Waals surface area contributed by atoms with Crippen molar-refractivity contribution in [3.05, 3.63) is 12.4 Å². The number of carbonyl (C=O) groups is 1. The first-order valence-corrected chi connectivity index (χ1v) is 3.95. The van der Waals surface area contributed by atoms with E-state index in [2.05, 4.69) is 36.2 Å². The van der Waals surface area contributed by atoms with Crippen molar-refractivity contribution in [3.8, 4) is 0 Å². The van der Waals surface area contributed by atoms with Crippen LogP contribution in [0.2, 0.25) is 0 Å². The van der Waals surface area contributed by atoms with Crippen molar-refractivity contribution in [3.63, 3.8) is 0 Å². The van der Waals surface area contributed by atoms with Crippen LogP contribution in [0.15, 0.2) is 12.4 Å². The summed E-state index contributed by atoms with van der Waals surface area (Å²) in [5, 5.41) is 6.89. The number of hydrogen-bond donors (Lipinski definition) is 1. The zero-order valence-electron chi connectivity index (χ0n) is 7.60. The van der Waals surface area contributed by atoms with Gasteiger partial charge in [-0.15, -0.1) is 0 Å². The van der Waals surface area contributed by atoms with Gasteiger partial charge in [-0.25, -0.2) is 0 Å². The second kappa shape index (κ2) is 6.52. The minimum atomic E-state index is -0.250. The van der Waals surface area contributed by atoms with Crippen LogP contribution in [0.25, 0.3) is 0 Å². The third-order valence-electron chi connectivity index (χ3n) is 1.45. The number of rotatable bonds is 2. The average Bonchev–Trinajstić information content (AvgIpc) is 2.38. The standard InChI is InChI=1S/C7H14N2.CH2O2/c1-3-4-9-6-5-8(2)7-9;2-1-3/h5-6H,3-4,7H2,1-2H3;1H,(H,2,3). The maximum absolute atomic E-state index is 8.36. The molecule has 0 aromatic rings. The Morgan fingerprint density at radius 2 is 2.17 bits per heavy atom. The molecule has 0 bridgehead atoms. The van der Waals surface area contributed by atoms with Gasteiger partial charge in [0.05, 0.1) is 6.67 Å². The van der Waals surface area contributed by atoms with Gasteiger partial charge in [-0.05, 0) is 6.42 Å². The Hall–Kier alpha value is -1.19. The summed E-state index contributed by atoms with van der Waals surface area (Å²) >= 11 is 0. The van der Waals surface area contributed by atoms with E-state index in [1.807, 2.05) is 0 Å². The maximum atomic E-state index is 8.36. The molecule has 1 aliphatic heterocycles. The monoisotopic (exact) mass is 172 g/mol. The number of carboxylic acid groups (broad SMARTS) is 1. The van der Waals surface area contributed by atoms with Gasteiger partial charge in [-0.3, -0.25) is 4.79 Å². The van der Waals surface area contributed by atoms with Gasteiger partial charge in [0, 0.05) is 26.0 Å². The summed E-state index contributed by atoms with van der Waals surface area (Å²) in [6.07, 6.45) is 5.48. The van der Waals surface area contributed by atoms with E-state index in [-0.39, 0.29) is 6.47 Å². The summed E-state index contributed by atoms with van der Waals surface area (Å²) in [6.45, 7) is 4.20. The second-order valence-electron chi connectivity index (χ2n) is 2.61. The molecule has 12 heavy (non-hydrogen) atoms. The molecule has 1 aliphatic rings. The van der Waals surface area contributed by atoms with Gasteiger partial charge in [0.2, 0.25) is 0 Å². The zero-order valence-corrected chi connectivity index (χ0v) is 7.60. The molecule has 0 aliphatic carbocycles. The molecule has 4 nitrogen and oxygen atoms in total. The van der Waals surface area contributed by atoms with Crippen LogP contribution >= 0.6 is 0 Å². The molecule has 1 heterocycles. The topological polar surface area (TPSA) is 43.8 Å². The Morgan fingerprint density at radius 3 is 2.50 bits per heavy atom. The molecule has 0 fully saturated rings.